The van der Waals surface area contributed by atoms with Gasteiger partial charge in [-0.15, -0.1) is 29.8 Å². The number of aromatic nitrogens is 1. The Kier molecular flexibility index (Phi) is 4.82. The van der Waals surface area contributed by atoms with Gasteiger partial charge in [-0.1, -0.05) is 6.07 Å². The van der Waals surface area contributed by atoms with E-state index in [1.165, 1.54) is 18.2 Å². The third-order valence-corrected chi connectivity index (χ3v) is 2.29. The number of hydrogen-bond donors (Lipinski definition) is 0. The van der Waals surface area contributed by atoms with Gasteiger partial charge < -0.3 is 4.98 Å². The van der Waals surface area contributed by atoms with E-state index in [9.17, 15) is 13.2 Å². The van der Waals surface area contributed by atoms with Crippen LogP contribution >= 0.6 is 0 Å². The molecule has 1 aromatic carbocycles. The Morgan fingerprint density at radius 2 is 1.95 bits per heavy atom. The van der Waals surface area contributed by atoms with E-state index in [-0.39, 0.29) is 25.8 Å². The van der Waals surface area contributed by atoms with Gasteiger partial charge in [0.25, 0.3) is 0 Å². The van der Waals surface area contributed by atoms with Gasteiger partial charge in [0.2, 0.25) is 0 Å². The van der Waals surface area contributed by atoms with E-state index in [2.05, 4.69) is 11.1 Å². The summed E-state index contributed by atoms with van der Waals surface area (Å²) in [6.07, 6.45) is -3.32. The number of alkyl halides is 3. The second kappa shape index (κ2) is 5.96. The third-order valence-electron chi connectivity index (χ3n) is 2.29. The number of nitriles is 1. The van der Waals surface area contributed by atoms with Crippen LogP contribution in [-0.2, 0) is 26.3 Å². The minimum Gasteiger partial charge on any atom is -0.305 e. The second-order valence-electron chi connectivity index (χ2n) is 3.53. The van der Waals surface area contributed by atoms with Gasteiger partial charge in [-0.25, -0.2) is 0 Å². The molecule has 0 aliphatic rings. The van der Waals surface area contributed by atoms with Crippen molar-refractivity contribution in [3.63, 3.8) is 0 Å². The molecule has 0 saturated carbocycles. The van der Waals surface area contributed by atoms with E-state index >= 15 is 0 Å². The van der Waals surface area contributed by atoms with Crippen molar-refractivity contribution in [2.45, 2.75) is 6.18 Å². The molecule has 0 atom stereocenters. The van der Waals surface area contributed by atoms with Crippen LogP contribution in [0.4, 0.5) is 13.2 Å². The van der Waals surface area contributed by atoms with Crippen LogP contribution in [0.1, 0.15) is 11.1 Å². The molecule has 2 rings (SSSR count). The van der Waals surface area contributed by atoms with Crippen molar-refractivity contribution in [2.75, 3.05) is 0 Å². The van der Waals surface area contributed by atoms with Crippen molar-refractivity contribution in [1.29, 1.82) is 5.26 Å². The van der Waals surface area contributed by atoms with Crippen LogP contribution in [0.25, 0.3) is 11.3 Å². The van der Waals surface area contributed by atoms with Gasteiger partial charge in [-0.05, 0) is 17.3 Å². The third kappa shape index (κ3) is 3.63. The molecule has 0 fully saturated rings. The van der Waals surface area contributed by atoms with Crippen molar-refractivity contribution in [2.24, 2.45) is 0 Å². The summed E-state index contributed by atoms with van der Waals surface area (Å²) < 4.78 is 37.6. The van der Waals surface area contributed by atoms with Crippen LogP contribution in [0, 0.1) is 17.4 Å². The molecular weight excluding hydrogens is 433 g/mol. The number of benzene rings is 1. The molecule has 2 aromatic rings. The Labute approximate surface area is 121 Å². The molecule has 19 heavy (non-hydrogen) atoms. The van der Waals surface area contributed by atoms with Crippen LogP contribution in [0.15, 0.2) is 36.5 Å². The van der Waals surface area contributed by atoms with Gasteiger partial charge in [0.15, 0.2) is 0 Å². The molecule has 2 nitrogen and oxygen atoms in total. The van der Waals surface area contributed by atoms with Crippen molar-refractivity contribution < 1.29 is 33.3 Å². The molecule has 1 radical (unpaired) electrons. The van der Waals surface area contributed by atoms with Crippen LogP contribution in [0.3, 0.4) is 0 Å². The van der Waals surface area contributed by atoms with E-state index < -0.39 is 11.7 Å². The van der Waals surface area contributed by atoms with Gasteiger partial charge >= 0.3 is 6.18 Å². The molecule has 1 heterocycles. The van der Waals surface area contributed by atoms with E-state index in [0.717, 1.165) is 18.3 Å². The molecule has 0 amide bonds. The molecule has 0 saturated heterocycles. The summed E-state index contributed by atoms with van der Waals surface area (Å²) in [6, 6.07) is 11.0. The molecule has 99 valence electrons. The predicted octanol–water partition coefficient (Wildman–Crippen LogP) is 3.44. The molecule has 0 aliphatic carbocycles. The van der Waals surface area contributed by atoms with Crippen molar-refractivity contribution >= 4 is 0 Å². The molecule has 0 N–H and O–H groups in total. The maximum atomic E-state index is 12.5. The average molecular weight is 439 g/mol. The van der Waals surface area contributed by atoms with Gasteiger partial charge in [0.1, 0.15) is 0 Å². The molecule has 0 aliphatic heterocycles. The molecule has 0 spiro atoms. The normalized spacial score (nSPS) is 10.4. The molecular formula is C13H6F3IrN2-. The second-order valence-corrected chi connectivity index (χ2v) is 3.53. The quantitative estimate of drug-likeness (QED) is 0.639. The first-order valence-corrected chi connectivity index (χ1v) is 4.96. The smallest absolute Gasteiger partial charge is 0.305 e. The minimum absolute atomic E-state index is 0. The molecule has 0 bridgehead atoms. The Balaban J connectivity index is 0.00000180. The van der Waals surface area contributed by atoms with Crippen LogP contribution in [0.5, 0.6) is 0 Å². The van der Waals surface area contributed by atoms with Crippen LogP contribution in [-0.4, -0.2) is 4.98 Å². The van der Waals surface area contributed by atoms with Crippen molar-refractivity contribution in [3.8, 4) is 17.3 Å². The summed E-state index contributed by atoms with van der Waals surface area (Å²) in [5.74, 6) is 0. The fourth-order valence-corrected chi connectivity index (χ4v) is 1.44. The standard InChI is InChI=1S/C13H6F3N2.Ir/c14-13(15,16)11-4-5-18-12(7-11)10-3-1-2-9(6-10)8-17;/h1-2,4-7H;/q-1;. The zero-order chi connectivity index (χ0) is 13.2. The molecule has 6 heteroatoms. The summed E-state index contributed by atoms with van der Waals surface area (Å²) >= 11 is 0. The Morgan fingerprint density at radius 1 is 1.21 bits per heavy atom. The van der Waals surface area contributed by atoms with Gasteiger partial charge in [-0.2, -0.15) is 18.4 Å². The zero-order valence-corrected chi connectivity index (χ0v) is 11.7. The maximum Gasteiger partial charge on any atom is 0.415 e. The number of pyridine rings is 1. The van der Waals surface area contributed by atoms with Crippen molar-refractivity contribution in [1.82, 2.24) is 4.98 Å². The average Bonchev–Trinajstić information content (AvgIpc) is 2.38. The Hall–Kier alpha value is -1.70. The molecule has 0 unspecified atom stereocenters. The van der Waals surface area contributed by atoms with Gasteiger partial charge in [0.05, 0.1) is 6.07 Å². The van der Waals surface area contributed by atoms with Gasteiger partial charge in [-0.3, -0.25) is 0 Å². The number of halogens is 3. The Morgan fingerprint density at radius 3 is 2.58 bits per heavy atom. The minimum atomic E-state index is -4.41. The summed E-state index contributed by atoms with van der Waals surface area (Å²) in [6.45, 7) is 0. The summed E-state index contributed by atoms with van der Waals surface area (Å²) in [5.41, 5.74) is 0.0771. The first-order chi connectivity index (χ1) is 8.50. The largest absolute Gasteiger partial charge is 0.415 e. The van der Waals surface area contributed by atoms with Crippen LogP contribution < -0.4 is 0 Å². The SMILES string of the molecule is N#Cc1cc[c-]c(-c2cc(C(F)(F)F)ccn2)c1.[Ir]. The fraction of sp³-hybridized carbons (Fsp3) is 0.0769. The number of rotatable bonds is 1. The van der Waals surface area contributed by atoms with Crippen LogP contribution in [0.2, 0.25) is 0 Å². The predicted molar refractivity (Wildman–Crippen MR) is 58.2 cm³/mol. The summed E-state index contributed by atoms with van der Waals surface area (Å²) in [7, 11) is 0. The number of nitrogens with zero attached hydrogens (tertiary/aromatic N) is 2. The zero-order valence-electron chi connectivity index (χ0n) is 9.33. The molecule has 1 aromatic heterocycles. The van der Waals surface area contributed by atoms with E-state index in [1.54, 1.807) is 0 Å². The Bertz CT molecular complexity index is 618. The monoisotopic (exact) mass is 440 g/mol. The summed E-state index contributed by atoms with van der Waals surface area (Å²) in [4.78, 5) is 3.86. The summed E-state index contributed by atoms with van der Waals surface area (Å²) in [5, 5.41) is 8.73. The van der Waals surface area contributed by atoms with Crippen molar-refractivity contribution in [3.05, 3.63) is 53.7 Å². The first-order valence-electron chi connectivity index (χ1n) is 4.96. The van der Waals surface area contributed by atoms with Gasteiger partial charge in [0, 0.05) is 31.9 Å². The first kappa shape index (κ1) is 15.4. The van der Waals surface area contributed by atoms with E-state index in [0.29, 0.717) is 11.1 Å². The topological polar surface area (TPSA) is 36.7 Å². The van der Waals surface area contributed by atoms with E-state index in [4.69, 9.17) is 5.26 Å². The van der Waals surface area contributed by atoms with E-state index in [1.807, 2.05) is 6.07 Å². The maximum absolute atomic E-state index is 12.5. The fourth-order valence-electron chi connectivity index (χ4n) is 1.44. The number of hydrogen-bond acceptors (Lipinski definition) is 2.